The second-order valence-corrected chi connectivity index (χ2v) is 6.29. The van der Waals surface area contributed by atoms with Crippen LogP contribution in [-0.4, -0.2) is 41.2 Å². The van der Waals surface area contributed by atoms with Crippen LogP contribution in [0.4, 0.5) is 0 Å². The molecule has 1 fully saturated rings. The Bertz CT molecular complexity index is 649. The number of hydrogen-bond acceptors (Lipinski definition) is 3. The van der Waals surface area contributed by atoms with Gasteiger partial charge in [-0.25, -0.2) is 4.79 Å². The van der Waals surface area contributed by atoms with Crippen molar-refractivity contribution in [1.29, 1.82) is 0 Å². The fraction of sp³-hybridized carbons (Fsp3) is 0.350. The molecule has 0 unspecified atom stereocenters. The lowest BCUT2D eigenvalue weighted by Crippen LogP contribution is -2.53. The number of benzene rings is 2. The van der Waals surface area contributed by atoms with Crippen molar-refractivity contribution in [3.05, 3.63) is 66.2 Å². The van der Waals surface area contributed by atoms with Gasteiger partial charge in [-0.05, 0) is 24.1 Å². The maximum atomic E-state index is 11.8. The lowest BCUT2D eigenvalue weighted by atomic mass is 9.90. The number of ether oxygens (including phenoxy) is 1. The van der Waals surface area contributed by atoms with Crippen LogP contribution in [0.3, 0.4) is 0 Å². The summed E-state index contributed by atoms with van der Waals surface area (Å²) in [4.78, 5) is 14.1. The molecular formula is C20H23NO3. The maximum Gasteiger partial charge on any atom is 0.348 e. The zero-order valence-corrected chi connectivity index (χ0v) is 13.7. The predicted octanol–water partition coefficient (Wildman–Crippen LogP) is 3.23. The van der Waals surface area contributed by atoms with E-state index in [0.717, 1.165) is 26.1 Å². The van der Waals surface area contributed by atoms with Gasteiger partial charge in [0.2, 0.25) is 5.60 Å². The second-order valence-electron chi connectivity index (χ2n) is 6.29. The van der Waals surface area contributed by atoms with Gasteiger partial charge in [-0.15, -0.1) is 0 Å². The number of hydrogen-bond donors (Lipinski definition) is 1. The highest BCUT2D eigenvalue weighted by Crippen LogP contribution is 2.29. The minimum Gasteiger partial charge on any atom is -0.478 e. The van der Waals surface area contributed by atoms with Crippen LogP contribution in [0.15, 0.2) is 60.7 Å². The predicted molar refractivity (Wildman–Crippen MR) is 93.3 cm³/mol. The molecule has 1 heterocycles. The highest BCUT2D eigenvalue weighted by molar-refractivity contribution is 5.78. The van der Waals surface area contributed by atoms with Crippen molar-refractivity contribution in [3.8, 4) is 5.75 Å². The molecule has 0 bridgehead atoms. The van der Waals surface area contributed by atoms with Crippen molar-refractivity contribution < 1.29 is 14.6 Å². The number of carbonyl (C=O) groups is 1. The standard InChI is InChI=1S/C20H23NO3/c22-19(23)20(24-18-9-5-2-6-10-18)12-15-21(16-13-20)14-11-17-7-3-1-4-8-17/h1-10H,11-16H2,(H,22,23). The van der Waals surface area contributed by atoms with E-state index in [9.17, 15) is 9.90 Å². The molecule has 24 heavy (non-hydrogen) atoms. The molecule has 0 spiro atoms. The van der Waals surface area contributed by atoms with Crippen molar-refractivity contribution in [2.75, 3.05) is 19.6 Å². The quantitative estimate of drug-likeness (QED) is 0.886. The molecule has 3 rings (SSSR count). The molecule has 4 nitrogen and oxygen atoms in total. The first-order chi connectivity index (χ1) is 11.7. The fourth-order valence-corrected chi connectivity index (χ4v) is 3.14. The Morgan fingerprint density at radius 2 is 1.58 bits per heavy atom. The van der Waals surface area contributed by atoms with E-state index in [1.807, 2.05) is 36.4 Å². The topological polar surface area (TPSA) is 49.8 Å². The first kappa shape index (κ1) is 16.5. The average molecular weight is 325 g/mol. The summed E-state index contributed by atoms with van der Waals surface area (Å²) in [6.45, 7) is 2.43. The summed E-state index contributed by atoms with van der Waals surface area (Å²) in [5.74, 6) is -0.244. The average Bonchev–Trinajstić information content (AvgIpc) is 2.63. The molecule has 1 aliphatic heterocycles. The largest absolute Gasteiger partial charge is 0.478 e. The third-order valence-electron chi connectivity index (χ3n) is 4.67. The van der Waals surface area contributed by atoms with Crippen molar-refractivity contribution >= 4 is 5.97 Å². The van der Waals surface area contributed by atoms with Gasteiger partial charge in [0.1, 0.15) is 5.75 Å². The van der Waals surface area contributed by atoms with Gasteiger partial charge in [-0.1, -0.05) is 48.5 Å². The van der Waals surface area contributed by atoms with Crippen LogP contribution in [0.5, 0.6) is 5.75 Å². The van der Waals surface area contributed by atoms with Gasteiger partial charge < -0.3 is 14.7 Å². The monoisotopic (exact) mass is 325 g/mol. The highest BCUT2D eigenvalue weighted by atomic mass is 16.5. The Hall–Kier alpha value is -2.33. The zero-order valence-electron chi connectivity index (χ0n) is 13.7. The van der Waals surface area contributed by atoms with Gasteiger partial charge in [-0.2, -0.15) is 0 Å². The maximum absolute atomic E-state index is 11.8. The number of rotatable bonds is 6. The first-order valence-electron chi connectivity index (χ1n) is 8.42. The van der Waals surface area contributed by atoms with Gasteiger partial charge in [0.05, 0.1) is 0 Å². The number of nitrogens with zero attached hydrogens (tertiary/aromatic N) is 1. The van der Waals surface area contributed by atoms with Crippen LogP contribution in [0.2, 0.25) is 0 Å². The van der Waals surface area contributed by atoms with Gasteiger partial charge in [0.25, 0.3) is 0 Å². The van der Waals surface area contributed by atoms with Crippen molar-refractivity contribution in [2.45, 2.75) is 24.9 Å². The lowest BCUT2D eigenvalue weighted by Gasteiger charge is -2.38. The van der Waals surface area contributed by atoms with E-state index in [4.69, 9.17) is 4.74 Å². The molecule has 0 atom stereocenters. The summed E-state index contributed by atoms with van der Waals surface area (Å²) in [7, 11) is 0. The lowest BCUT2D eigenvalue weighted by molar-refractivity contribution is -0.159. The van der Waals surface area contributed by atoms with Gasteiger partial charge in [-0.3, -0.25) is 0 Å². The normalized spacial score (nSPS) is 17.3. The van der Waals surface area contributed by atoms with Gasteiger partial charge >= 0.3 is 5.97 Å². The van der Waals surface area contributed by atoms with Gasteiger partial charge in [0, 0.05) is 32.5 Å². The summed E-state index contributed by atoms with van der Waals surface area (Å²) in [6, 6.07) is 19.6. The fourth-order valence-electron chi connectivity index (χ4n) is 3.14. The van der Waals surface area contributed by atoms with E-state index < -0.39 is 11.6 Å². The van der Waals surface area contributed by atoms with Crippen LogP contribution < -0.4 is 4.74 Å². The minimum atomic E-state index is -1.11. The summed E-state index contributed by atoms with van der Waals surface area (Å²) >= 11 is 0. The van der Waals surface area contributed by atoms with E-state index in [-0.39, 0.29) is 0 Å². The molecule has 1 N–H and O–H groups in total. The second kappa shape index (κ2) is 7.49. The summed E-state index contributed by atoms with van der Waals surface area (Å²) in [6.07, 6.45) is 2.00. The van der Waals surface area contributed by atoms with Crippen LogP contribution in [0.1, 0.15) is 18.4 Å². The minimum absolute atomic E-state index is 0.506. The van der Waals surface area contributed by atoms with E-state index in [1.54, 1.807) is 0 Å². The van der Waals surface area contributed by atoms with E-state index in [2.05, 4.69) is 29.2 Å². The van der Waals surface area contributed by atoms with Crippen molar-refractivity contribution in [3.63, 3.8) is 0 Å². The number of likely N-dealkylation sites (tertiary alicyclic amines) is 1. The van der Waals surface area contributed by atoms with Crippen molar-refractivity contribution in [2.24, 2.45) is 0 Å². The molecule has 2 aromatic rings. The molecule has 0 amide bonds. The van der Waals surface area contributed by atoms with Gasteiger partial charge in [0.15, 0.2) is 0 Å². The van der Waals surface area contributed by atoms with Crippen molar-refractivity contribution in [1.82, 2.24) is 4.90 Å². The number of piperidine rings is 1. The smallest absolute Gasteiger partial charge is 0.348 e. The molecular weight excluding hydrogens is 302 g/mol. The Morgan fingerprint density at radius 1 is 1.00 bits per heavy atom. The Balaban J connectivity index is 1.57. The van der Waals surface area contributed by atoms with Crippen LogP contribution in [0, 0.1) is 0 Å². The number of aliphatic carboxylic acids is 1. The third kappa shape index (κ3) is 3.95. The Labute approximate surface area is 142 Å². The van der Waals surface area contributed by atoms with E-state index in [0.29, 0.717) is 18.6 Å². The molecule has 4 heteroatoms. The summed E-state index contributed by atoms with van der Waals surface area (Å²) in [5.41, 5.74) is 0.207. The first-order valence-corrected chi connectivity index (χ1v) is 8.42. The summed E-state index contributed by atoms with van der Waals surface area (Å²) in [5, 5.41) is 9.70. The Morgan fingerprint density at radius 3 is 2.17 bits per heavy atom. The molecule has 0 saturated carbocycles. The molecule has 0 aliphatic carbocycles. The van der Waals surface area contributed by atoms with Crippen LogP contribution in [-0.2, 0) is 11.2 Å². The van der Waals surface area contributed by atoms with Crippen LogP contribution >= 0.6 is 0 Å². The highest BCUT2D eigenvalue weighted by Gasteiger charge is 2.43. The SMILES string of the molecule is O=C(O)C1(Oc2ccccc2)CCN(CCc2ccccc2)CC1. The summed E-state index contributed by atoms with van der Waals surface area (Å²) < 4.78 is 5.89. The van der Waals surface area contributed by atoms with Crippen LogP contribution in [0.25, 0.3) is 0 Å². The number of para-hydroxylation sites is 1. The molecule has 1 aliphatic rings. The molecule has 2 aromatic carbocycles. The van der Waals surface area contributed by atoms with E-state index >= 15 is 0 Å². The molecule has 0 radical (unpaired) electrons. The molecule has 0 aromatic heterocycles. The third-order valence-corrected chi connectivity index (χ3v) is 4.67. The molecule has 126 valence electrons. The zero-order chi connectivity index (χ0) is 16.8. The number of carboxylic acids is 1. The molecule has 1 saturated heterocycles. The Kier molecular flexibility index (Phi) is 5.16. The van der Waals surface area contributed by atoms with E-state index in [1.165, 1.54) is 5.56 Å². The number of carboxylic acid groups (broad SMARTS) is 1.